The molecule has 1 aromatic heterocycles. The second kappa shape index (κ2) is 5.65. The minimum absolute atomic E-state index is 0.363. The summed E-state index contributed by atoms with van der Waals surface area (Å²) in [4.78, 5) is 11.8. The van der Waals surface area contributed by atoms with Crippen LogP contribution in [0, 0.1) is 0 Å². The number of anilines is 2. The molecule has 0 saturated carbocycles. The fourth-order valence-corrected chi connectivity index (χ4v) is 2.68. The summed E-state index contributed by atoms with van der Waals surface area (Å²) in [6.07, 6.45) is 3.80. The Hall–Kier alpha value is -1.84. The van der Waals surface area contributed by atoms with Crippen LogP contribution >= 0.6 is 0 Å². The smallest absolute Gasteiger partial charge is 0.227 e. The molecule has 0 aliphatic carbocycles. The molecule has 0 amide bonds. The van der Waals surface area contributed by atoms with Gasteiger partial charge in [-0.3, -0.25) is 0 Å². The van der Waals surface area contributed by atoms with E-state index in [0.717, 1.165) is 35.8 Å². The third-order valence-electron chi connectivity index (χ3n) is 3.66. The Morgan fingerprint density at radius 3 is 2.55 bits per heavy atom. The van der Waals surface area contributed by atoms with Crippen molar-refractivity contribution in [2.24, 2.45) is 0 Å². The van der Waals surface area contributed by atoms with Gasteiger partial charge in [0.2, 0.25) is 5.95 Å². The molecule has 106 valence electrons. The van der Waals surface area contributed by atoms with Crippen molar-refractivity contribution in [2.75, 3.05) is 23.3 Å². The lowest BCUT2D eigenvalue weighted by Gasteiger charge is -2.27. The molecule has 4 heteroatoms. The molecule has 4 nitrogen and oxygen atoms in total. The highest BCUT2D eigenvalue weighted by Gasteiger charge is 2.16. The fraction of sp³-hybridized carbons (Fsp3) is 0.500. The van der Waals surface area contributed by atoms with E-state index < -0.39 is 0 Å². The Bertz CT molecular complexity index is 588. The zero-order chi connectivity index (χ0) is 13.9. The van der Waals surface area contributed by atoms with Crippen LogP contribution in [0.4, 0.5) is 11.8 Å². The minimum atomic E-state index is 0.363. The van der Waals surface area contributed by atoms with Crippen molar-refractivity contribution >= 4 is 22.7 Å². The van der Waals surface area contributed by atoms with Crippen molar-refractivity contribution in [3.05, 3.63) is 24.3 Å². The van der Waals surface area contributed by atoms with Crippen LogP contribution in [0.3, 0.4) is 0 Å². The molecule has 1 fully saturated rings. The van der Waals surface area contributed by atoms with E-state index in [1.165, 1.54) is 19.3 Å². The van der Waals surface area contributed by atoms with Crippen molar-refractivity contribution in [1.29, 1.82) is 0 Å². The number of fused-ring (bicyclic) bond motifs is 1. The van der Waals surface area contributed by atoms with Crippen LogP contribution < -0.4 is 10.2 Å². The normalized spacial score (nSPS) is 15.8. The van der Waals surface area contributed by atoms with Crippen LogP contribution in [-0.4, -0.2) is 29.1 Å². The van der Waals surface area contributed by atoms with Gasteiger partial charge < -0.3 is 10.2 Å². The average molecular weight is 270 g/mol. The molecule has 0 atom stereocenters. The predicted octanol–water partition coefficient (Wildman–Crippen LogP) is 3.44. The highest BCUT2D eigenvalue weighted by Crippen LogP contribution is 2.25. The number of nitrogens with one attached hydrogen (secondary N) is 1. The van der Waals surface area contributed by atoms with E-state index in [1.807, 2.05) is 12.1 Å². The van der Waals surface area contributed by atoms with Gasteiger partial charge in [0.05, 0.1) is 5.52 Å². The van der Waals surface area contributed by atoms with E-state index in [-0.39, 0.29) is 0 Å². The highest BCUT2D eigenvalue weighted by molar-refractivity contribution is 5.90. The SMILES string of the molecule is CC(C)Nc1nc(N2CCCCC2)nc2ccccc12. The number of piperidine rings is 1. The van der Waals surface area contributed by atoms with E-state index in [0.29, 0.717) is 6.04 Å². The molecular formula is C16H22N4. The summed E-state index contributed by atoms with van der Waals surface area (Å²) in [6.45, 7) is 6.41. The number of hydrogen-bond donors (Lipinski definition) is 1. The maximum atomic E-state index is 4.77. The molecule has 0 unspecified atom stereocenters. The van der Waals surface area contributed by atoms with Crippen LogP contribution in [-0.2, 0) is 0 Å². The van der Waals surface area contributed by atoms with Gasteiger partial charge >= 0.3 is 0 Å². The zero-order valence-electron chi connectivity index (χ0n) is 12.3. The molecule has 2 heterocycles. The number of nitrogens with zero attached hydrogens (tertiary/aromatic N) is 3. The quantitative estimate of drug-likeness (QED) is 0.927. The topological polar surface area (TPSA) is 41.1 Å². The number of hydrogen-bond acceptors (Lipinski definition) is 4. The van der Waals surface area contributed by atoms with Gasteiger partial charge in [-0.05, 0) is 45.2 Å². The third kappa shape index (κ3) is 2.69. The largest absolute Gasteiger partial charge is 0.367 e. The Labute approximate surface area is 120 Å². The van der Waals surface area contributed by atoms with E-state index in [4.69, 9.17) is 9.97 Å². The molecule has 1 aliphatic rings. The molecule has 1 saturated heterocycles. The number of aromatic nitrogens is 2. The van der Waals surface area contributed by atoms with Crippen LogP contribution in [0.25, 0.3) is 10.9 Å². The highest BCUT2D eigenvalue weighted by atomic mass is 15.3. The molecule has 1 aliphatic heterocycles. The Balaban J connectivity index is 2.04. The summed E-state index contributed by atoms with van der Waals surface area (Å²) in [7, 11) is 0. The third-order valence-corrected chi connectivity index (χ3v) is 3.66. The van der Waals surface area contributed by atoms with Gasteiger partial charge in [0.15, 0.2) is 0 Å². The molecule has 0 bridgehead atoms. The summed E-state index contributed by atoms with van der Waals surface area (Å²) >= 11 is 0. The number of rotatable bonds is 3. The van der Waals surface area contributed by atoms with E-state index >= 15 is 0 Å². The Morgan fingerprint density at radius 2 is 1.80 bits per heavy atom. The van der Waals surface area contributed by atoms with Crippen LogP contribution in [0.1, 0.15) is 33.1 Å². The number of benzene rings is 1. The van der Waals surface area contributed by atoms with Gasteiger partial charge in [0, 0.05) is 24.5 Å². The second-order valence-corrected chi connectivity index (χ2v) is 5.74. The number of para-hydroxylation sites is 1. The lowest BCUT2D eigenvalue weighted by atomic mass is 10.1. The van der Waals surface area contributed by atoms with Crippen molar-refractivity contribution in [1.82, 2.24) is 9.97 Å². The maximum Gasteiger partial charge on any atom is 0.227 e. The summed E-state index contributed by atoms with van der Waals surface area (Å²) in [5, 5.41) is 4.55. The molecule has 3 rings (SSSR count). The molecule has 0 spiro atoms. The van der Waals surface area contributed by atoms with Crippen molar-refractivity contribution in [2.45, 2.75) is 39.2 Å². The van der Waals surface area contributed by atoms with Gasteiger partial charge in [-0.25, -0.2) is 4.98 Å². The van der Waals surface area contributed by atoms with E-state index in [1.54, 1.807) is 0 Å². The van der Waals surface area contributed by atoms with Gasteiger partial charge in [0.1, 0.15) is 5.82 Å². The van der Waals surface area contributed by atoms with Crippen molar-refractivity contribution in [3.63, 3.8) is 0 Å². The van der Waals surface area contributed by atoms with E-state index in [2.05, 4.69) is 36.2 Å². The van der Waals surface area contributed by atoms with Crippen molar-refractivity contribution in [3.8, 4) is 0 Å². The molecular weight excluding hydrogens is 248 g/mol. The van der Waals surface area contributed by atoms with Gasteiger partial charge in [-0.15, -0.1) is 0 Å². The zero-order valence-corrected chi connectivity index (χ0v) is 12.3. The lowest BCUT2D eigenvalue weighted by Crippen LogP contribution is -2.31. The molecule has 1 aromatic carbocycles. The van der Waals surface area contributed by atoms with Crippen molar-refractivity contribution < 1.29 is 0 Å². The first-order valence-corrected chi connectivity index (χ1v) is 7.52. The average Bonchev–Trinajstić information content (AvgIpc) is 2.47. The summed E-state index contributed by atoms with van der Waals surface area (Å²) in [5.41, 5.74) is 1.02. The van der Waals surface area contributed by atoms with Crippen LogP contribution in [0.15, 0.2) is 24.3 Å². The standard InChI is InChI=1S/C16H22N4/c1-12(2)17-15-13-8-4-5-9-14(13)18-16(19-15)20-10-6-3-7-11-20/h4-5,8-9,12H,3,6-7,10-11H2,1-2H3,(H,17,18,19). The predicted molar refractivity (Wildman–Crippen MR) is 84.4 cm³/mol. The molecule has 0 radical (unpaired) electrons. The summed E-state index contributed by atoms with van der Waals surface area (Å²) in [6, 6.07) is 8.59. The fourth-order valence-electron chi connectivity index (χ4n) is 2.68. The molecule has 20 heavy (non-hydrogen) atoms. The first-order chi connectivity index (χ1) is 9.74. The Morgan fingerprint density at radius 1 is 1.05 bits per heavy atom. The molecule has 2 aromatic rings. The molecule has 1 N–H and O–H groups in total. The second-order valence-electron chi connectivity index (χ2n) is 5.74. The Kier molecular flexibility index (Phi) is 3.72. The first kappa shape index (κ1) is 13.2. The summed E-state index contributed by atoms with van der Waals surface area (Å²) < 4.78 is 0. The summed E-state index contributed by atoms with van der Waals surface area (Å²) in [5.74, 6) is 1.82. The van der Waals surface area contributed by atoms with E-state index in [9.17, 15) is 0 Å². The van der Waals surface area contributed by atoms with Gasteiger partial charge in [-0.1, -0.05) is 12.1 Å². The maximum absolute atomic E-state index is 4.77. The monoisotopic (exact) mass is 270 g/mol. The van der Waals surface area contributed by atoms with Crippen LogP contribution in [0.2, 0.25) is 0 Å². The van der Waals surface area contributed by atoms with Crippen LogP contribution in [0.5, 0.6) is 0 Å². The van der Waals surface area contributed by atoms with Gasteiger partial charge in [0.25, 0.3) is 0 Å². The minimum Gasteiger partial charge on any atom is -0.367 e. The lowest BCUT2D eigenvalue weighted by molar-refractivity contribution is 0.569. The first-order valence-electron chi connectivity index (χ1n) is 7.52. The van der Waals surface area contributed by atoms with Gasteiger partial charge in [-0.2, -0.15) is 4.98 Å².